The highest BCUT2D eigenvalue weighted by Gasteiger charge is 2.26. The number of aromatic hydroxyl groups is 1. The zero-order chi connectivity index (χ0) is 20.0. The Morgan fingerprint density at radius 2 is 2.07 bits per heavy atom. The number of likely N-dealkylation sites (tertiary alicyclic amines) is 1. The van der Waals surface area contributed by atoms with Crippen molar-refractivity contribution in [3.63, 3.8) is 0 Å². The molecule has 2 N–H and O–H groups in total. The van der Waals surface area contributed by atoms with E-state index in [1.54, 1.807) is 12.1 Å². The number of phenols is 1. The molecule has 1 aliphatic rings. The second-order valence-corrected chi connectivity index (χ2v) is 8.09. The lowest BCUT2D eigenvalue weighted by atomic mass is 10.1. The molecular formula is C18H19F2N5O2S. The first-order chi connectivity index (χ1) is 13.3. The van der Waals surface area contributed by atoms with Crippen LogP contribution in [0.15, 0.2) is 23.0 Å². The molecule has 4 rings (SSSR count). The number of likely N-dealkylation sites (N-methyl/N-ethyl adjacent to an activating group) is 1. The Balaban J connectivity index is 1.68. The topological polar surface area (TPSA) is 83.3 Å². The van der Waals surface area contributed by atoms with Gasteiger partial charge in [0, 0.05) is 42.7 Å². The quantitative estimate of drug-likeness (QED) is 0.694. The smallest absolute Gasteiger partial charge is 0.296 e. The Hall–Kier alpha value is -2.59. The van der Waals surface area contributed by atoms with Gasteiger partial charge in [-0.3, -0.25) is 9.36 Å². The van der Waals surface area contributed by atoms with Crippen molar-refractivity contribution in [2.24, 2.45) is 7.05 Å². The first-order valence-corrected chi connectivity index (χ1v) is 9.59. The molecule has 1 fully saturated rings. The minimum Gasteiger partial charge on any atom is -0.506 e. The minimum atomic E-state index is -0.970. The van der Waals surface area contributed by atoms with Crippen LogP contribution < -0.4 is 10.9 Å². The van der Waals surface area contributed by atoms with Crippen LogP contribution in [0.3, 0.4) is 0 Å². The highest BCUT2D eigenvalue weighted by Crippen LogP contribution is 2.38. The molecular weight excluding hydrogens is 388 g/mol. The van der Waals surface area contributed by atoms with Crippen LogP contribution in [0.4, 0.5) is 14.6 Å². The lowest BCUT2D eigenvalue weighted by Crippen LogP contribution is -2.46. The molecule has 0 bridgehead atoms. The summed E-state index contributed by atoms with van der Waals surface area (Å²) in [5.41, 5.74) is -0.158. The normalized spacial score (nSPS) is 20.6. The van der Waals surface area contributed by atoms with Gasteiger partial charge in [0.05, 0.1) is 5.56 Å². The summed E-state index contributed by atoms with van der Waals surface area (Å²) in [7, 11) is 3.33. The van der Waals surface area contributed by atoms with Crippen molar-refractivity contribution in [2.75, 3.05) is 25.5 Å². The molecule has 3 aromatic rings. The second kappa shape index (κ2) is 7.10. The Morgan fingerprint density at radius 1 is 1.29 bits per heavy atom. The van der Waals surface area contributed by atoms with Gasteiger partial charge in [0.1, 0.15) is 11.9 Å². The van der Waals surface area contributed by atoms with E-state index in [1.165, 1.54) is 17.7 Å². The number of phenolic OH excluding ortho intramolecular Hbond substituents is 1. The maximum Gasteiger partial charge on any atom is 0.296 e. The van der Waals surface area contributed by atoms with Gasteiger partial charge in [-0.1, -0.05) is 0 Å². The number of thiophene rings is 1. The third kappa shape index (κ3) is 3.33. The van der Waals surface area contributed by atoms with Gasteiger partial charge in [-0.2, -0.15) is 4.39 Å². The summed E-state index contributed by atoms with van der Waals surface area (Å²) in [4.78, 5) is 14.6. The Bertz CT molecular complexity index is 1090. The van der Waals surface area contributed by atoms with Crippen molar-refractivity contribution in [1.82, 2.24) is 19.7 Å². The average Bonchev–Trinajstić information content (AvgIpc) is 3.01. The molecule has 28 heavy (non-hydrogen) atoms. The number of anilines is 1. The lowest BCUT2D eigenvalue weighted by molar-refractivity contribution is 0.153. The van der Waals surface area contributed by atoms with E-state index >= 15 is 0 Å². The SMILES string of the molecule is CN1C[C@H](F)C[C@@H](Nc2nnc(-c3ccc4sc(F)cc4c3O)n(C)c2=O)C1. The Kier molecular flexibility index (Phi) is 4.76. The van der Waals surface area contributed by atoms with E-state index < -0.39 is 16.9 Å². The molecule has 3 heterocycles. The van der Waals surface area contributed by atoms with Crippen LogP contribution in [0, 0.1) is 5.13 Å². The fourth-order valence-corrected chi connectivity index (χ4v) is 4.37. The van der Waals surface area contributed by atoms with Gasteiger partial charge < -0.3 is 15.3 Å². The maximum atomic E-state index is 13.8. The third-order valence-corrected chi connectivity index (χ3v) is 5.76. The number of hydrogen-bond donors (Lipinski definition) is 2. The molecule has 0 unspecified atom stereocenters. The van der Waals surface area contributed by atoms with Gasteiger partial charge in [-0.25, -0.2) is 4.39 Å². The molecule has 2 atom stereocenters. The third-order valence-electron chi connectivity index (χ3n) is 4.88. The van der Waals surface area contributed by atoms with Crippen molar-refractivity contribution in [2.45, 2.75) is 18.6 Å². The van der Waals surface area contributed by atoms with E-state index in [4.69, 9.17) is 0 Å². The number of alkyl halides is 1. The number of aromatic nitrogens is 3. The van der Waals surface area contributed by atoms with E-state index in [0.29, 0.717) is 23.2 Å². The maximum absolute atomic E-state index is 13.8. The number of rotatable bonds is 3. The van der Waals surface area contributed by atoms with Gasteiger partial charge in [0.15, 0.2) is 11.0 Å². The van der Waals surface area contributed by atoms with Crippen molar-refractivity contribution >= 4 is 27.2 Å². The predicted molar refractivity (Wildman–Crippen MR) is 104 cm³/mol. The van der Waals surface area contributed by atoms with E-state index in [0.717, 1.165) is 11.3 Å². The molecule has 0 amide bonds. The summed E-state index contributed by atoms with van der Waals surface area (Å²) in [6.07, 6.45) is -0.681. The van der Waals surface area contributed by atoms with Crippen LogP contribution in [0.25, 0.3) is 21.5 Å². The fourth-order valence-electron chi connectivity index (χ4n) is 3.58. The summed E-state index contributed by atoms with van der Waals surface area (Å²) < 4.78 is 29.1. The van der Waals surface area contributed by atoms with Gasteiger partial charge in [-0.15, -0.1) is 21.5 Å². The van der Waals surface area contributed by atoms with Crippen LogP contribution in [-0.4, -0.2) is 57.1 Å². The molecule has 0 radical (unpaired) electrons. The molecule has 148 valence electrons. The molecule has 1 saturated heterocycles. The first kappa shape index (κ1) is 18.8. The Morgan fingerprint density at radius 3 is 2.82 bits per heavy atom. The van der Waals surface area contributed by atoms with Crippen LogP contribution in [0.2, 0.25) is 0 Å². The van der Waals surface area contributed by atoms with Gasteiger partial charge in [-0.05, 0) is 25.2 Å². The number of benzene rings is 1. The molecule has 2 aromatic heterocycles. The van der Waals surface area contributed by atoms with E-state index in [-0.39, 0.29) is 35.4 Å². The number of halogens is 2. The van der Waals surface area contributed by atoms with Crippen molar-refractivity contribution < 1.29 is 13.9 Å². The number of piperidine rings is 1. The van der Waals surface area contributed by atoms with Crippen LogP contribution in [0.5, 0.6) is 5.75 Å². The van der Waals surface area contributed by atoms with Crippen LogP contribution in [0.1, 0.15) is 6.42 Å². The van der Waals surface area contributed by atoms with Crippen LogP contribution in [-0.2, 0) is 7.05 Å². The summed E-state index contributed by atoms with van der Waals surface area (Å²) in [6.45, 7) is 0.958. The zero-order valence-corrected chi connectivity index (χ0v) is 16.1. The molecule has 0 spiro atoms. The summed E-state index contributed by atoms with van der Waals surface area (Å²) in [6, 6.07) is 4.23. The standard InChI is InChI=1S/C18H19F2N5O2S/c1-24-7-9(19)5-10(8-24)21-16-18(27)25(2)17(23-22-16)11-3-4-13-12(15(11)26)6-14(20)28-13/h3-4,6,9-10,26H,5,7-8H2,1-2H3,(H,21,22)/t9-,10-/m1/s1. The Labute approximate surface area is 163 Å². The van der Waals surface area contributed by atoms with E-state index in [9.17, 15) is 18.7 Å². The summed E-state index contributed by atoms with van der Waals surface area (Å²) in [5, 5.41) is 21.5. The van der Waals surface area contributed by atoms with Crippen LogP contribution >= 0.6 is 11.3 Å². The minimum absolute atomic E-state index is 0.0286. The van der Waals surface area contributed by atoms with E-state index in [1.807, 2.05) is 11.9 Å². The average molecular weight is 407 g/mol. The van der Waals surface area contributed by atoms with E-state index in [2.05, 4.69) is 15.5 Å². The number of fused-ring (bicyclic) bond motifs is 1. The highest BCUT2D eigenvalue weighted by molar-refractivity contribution is 7.17. The first-order valence-electron chi connectivity index (χ1n) is 8.77. The van der Waals surface area contributed by atoms with Gasteiger partial charge in [0.2, 0.25) is 5.82 Å². The number of hydrogen-bond acceptors (Lipinski definition) is 7. The van der Waals surface area contributed by atoms with Crippen molar-refractivity contribution in [1.29, 1.82) is 0 Å². The molecule has 7 nitrogen and oxygen atoms in total. The predicted octanol–water partition coefficient (Wildman–Crippen LogP) is 2.36. The van der Waals surface area contributed by atoms with Crippen molar-refractivity contribution in [3.05, 3.63) is 33.7 Å². The van der Waals surface area contributed by atoms with Gasteiger partial charge in [0.25, 0.3) is 5.56 Å². The van der Waals surface area contributed by atoms with Gasteiger partial charge >= 0.3 is 0 Å². The monoisotopic (exact) mass is 407 g/mol. The largest absolute Gasteiger partial charge is 0.506 e. The molecule has 1 aromatic carbocycles. The lowest BCUT2D eigenvalue weighted by Gasteiger charge is -2.32. The highest BCUT2D eigenvalue weighted by atomic mass is 32.1. The number of nitrogens with zero attached hydrogens (tertiary/aromatic N) is 4. The number of nitrogens with one attached hydrogen (secondary N) is 1. The zero-order valence-electron chi connectivity index (χ0n) is 15.3. The molecule has 0 saturated carbocycles. The summed E-state index contributed by atoms with van der Waals surface area (Å²) in [5.74, 6) is 0.0309. The molecule has 1 aliphatic heterocycles. The fraction of sp³-hybridized carbons (Fsp3) is 0.389. The van der Waals surface area contributed by atoms with Crippen molar-refractivity contribution in [3.8, 4) is 17.1 Å². The second-order valence-electron chi connectivity index (χ2n) is 7.06. The molecule has 10 heteroatoms. The molecule has 0 aliphatic carbocycles. The summed E-state index contributed by atoms with van der Waals surface area (Å²) >= 11 is 0.924.